The van der Waals surface area contributed by atoms with E-state index in [2.05, 4.69) is 18.7 Å². The minimum atomic E-state index is 0.374. The maximum Gasteiger partial charge on any atom is 0.0870 e. The van der Waals surface area contributed by atoms with Crippen LogP contribution in [0.15, 0.2) is 0 Å². The maximum atomic E-state index is 5.75. The van der Waals surface area contributed by atoms with Crippen molar-refractivity contribution in [3.8, 4) is 0 Å². The molecule has 0 amide bonds. The molecule has 1 aliphatic heterocycles. The second-order valence-corrected chi connectivity index (χ2v) is 4.46. The Balaban J connectivity index is 2.29. The van der Waals surface area contributed by atoms with E-state index in [1.165, 1.54) is 6.42 Å². The molecule has 1 heterocycles. The third kappa shape index (κ3) is 3.90. The summed E-state index contributed by atoms with van der Waals surface area (Å²) in [5.41, 5.74) is 5.52. The lowest BCUT2D eigenvalue weighted by Crippen LogP contribution is -2.38. The molecular formula is C10H20N2OS. The second-order valence-electron chi connectivity index (χ2n) is 3.94. The van der Waals surface area contributed by atoms with Gasteiger partial charge in [0, 0.05) is 13.1 Å². The first kappa shape index (κ1) is 11.9. The Morgan fingerprint density at radius 1 is 1.57 bits per heavy atom. The maximum absolute atomic E-state index is 5.75. The molecule has 1 fully saturated rings. The summed E-state index contributed by atoms with van der Waals surface area (Å²) in [4.78, 5) is 2.81. The van der Waals surface area contributed by atoms with Crippen molar-refractivity contribution in [2.24, 2.45) is 5.73 Å². The van der Waals surface area contributed by atoms with Gasteiger partial charge in [-0.1, -0.05) is 19.1 Å². The van der Waals surface area contributed by atoms with Crippen LogP contribution in [0.2, 0.25) is 0 Å². The summed E-state index contributed by atoms with van der Waals surface area (Å²) in [6, 6.07) is 0. The lowest BCUT2D eigenvalue weighted by Gasteiger charge is -2.23. The number of nitrogens with two attached hydrogens (primary N) is 1. The number of hydrogen-bond donors (Lipinski definition) is 1. The molecule has 0 spiro atoms. The highest BCUT2D eigenvalue weighted by Crippen LogP contribution is 2.19. The van der Waals surface area contributed by atoms with Crippen LogP contribution in [0.1, 0.15) is 26.7 Å². The van der Waals surface area contributed by atoms with E-state index in [4.69, 9.17) is 22.7 Å². The van der Waals surface area contributed by atoms with Crippen molar-refractivity contribution in [3.05, 3.63) is 0 Å². The van der Waals surface area contributed by atoms with E-state index in [-0.39, 0.29) is 0 Å². The van der Waals surface area contributed by atoms with Gasteiger partial charge < -0.3 is 10.5 Å². The largest absolute Gasteiger partial charge is 0.392 e. The van der Waals surface area contributed by atoms with E-state index in [1.54, 1.807) is 0 Å². The van der Waals surface area contributed by atoms with Crippen molar-refractivity contribution in [1.29, 1.82) is 0 Å². The quantitative estimate of drug-likeness (QED) is 0.700. The Kier molecular flexibility index (Phi) is 4.78. The van der Waals surface area contributed by atoms with Crippen LogP contribution in [-0.2, 0) is 4.74 Å². The zero-order valence-electron chi connectivity index (χ0n) is 9.03. The summed E-state index contributed by atoms with van der Waals surface area (Å²) in [7, 11) is 0. The van der Waals surface area contributed by atoms with E-state index in [0.717, 1.165) is 19.5 Å². The predicted molar refractivity (Wildman–Crippen MR) is 62.5 cm³/mol. The van der Waals surface area contributed by atoms with E-state index in [0.29, 0.717) is 23.7 Å². The minimum Gasteiger partial charge on any atom is -0.392 e. The first-order chi connectivity index (χ1) is 6.61. The van der Waals surface area contributed by atoms with Crippen LogP contribution in [0.5, 0.6) is 0 Å². The molecule has 0 aromatic heterocycles. The molecule has 1 aliphatic rings. The molecule has 14 heavy (non-hydrogen) atoms. The van der Waals surface area contributed by atoms with Gasteiger partial charge in [0.25, 0.3) is 0 Å². The Labute approximate surface area is 91.6 Å². The third-order valence-corrected chi connectivity index (χ3v) is 2.74. The summed E-state index contributed by atoms with van der Waals surface area (Å²) in [6.45, 7) is 6.89. The zero-order valence-corrected chi connectivity index (χ0v) is 9.85. The molecule has 4 heteroatoms. The fourth-order valence-corrected chi connectivity index (χ4v) is 2.02. The highest BCUT2D eigenvalue weighted by Gasteiger charge is 2.23. The summed E-state index contributed by atoms with van der Waals surface area (Å²) in [5, 5.41) is 0. The Bertz CT molecular complexity index is 199. The lowest BCUT2D eigenvalue weighted by molar-refractivity contribution is 0.0355. The standard InChI is InChI=1S/C10H20N2OS/c1-3-12(7-10(11)14)6-9-5-4-8(2)13-9/h8-9H,3-7H2,1-2H3,(H2,11,14). The van der Waals surface area contributed by atoms with Crippen molar-refractivity contribution in [2.45, 2.75) is 38.9 Å². The fraction of sp³-hybridized carbons (Fsp3) is 0.900. The van der Waals surface area contributed by atoms with E-state index >= 15 is 0 Å². The molecule has 0 bridgehead atoms. The second kappa shape index (κ2) is 5.63. The average molecular weight is 216 g/mol. The van der Waals surface area contributed by atoms with Gasteiger partial charge in [0.15, 0.2) is 0 Å². The summed E-state index contributed by atoms with van der Waals surface area (Å²) >= 11 is 4.90. The van der Waals surface area contributed by atoms with Gasteiger partial charge in [0.05, 0.1) is 17.2 Å². The van der Waals surface area contributed by atoms with Gasteiger partial charge in [-0.3, -0.25) is 4.90 Å². The van der Waals surface area contributed by atoms with Crippen LogP contribution in [-0.4, -0.2) is 41.7 Å². The summed E-state index contributed by atoms with van der Waals surface area (Å²) in [5.74, 6) is 0. The van der Waals surface area contributed by atoms with Crippen molar-refractivity contribution in [2.75, 3.05) is 19.6 Å². The van der Waals surface area contributed by atoms with Crippen LogP contribution in [0.3, 0.4) is 0 Å². The van der Waals surface area contributed by atoms with E-state index in [9.17, 15) is 0 Å². The summed E-state index contributed by atoms with van der Waals surface area (Å²) < 4.78 is 5.75. The van der Waals surface area contributed by atoms with Gasteiger partial charge >= 0.3 is 0 Å². The molecule has 2 atom stereocenters. The lowest BCUT2D eigenvalue weighted by atomic mass is 10.2. The van der Waals surface area contributed by atoms with Crippen LogP contribution >= 0.6 is 12.2 Å². The van der Waals surface area contributed by atoms with Crippen molar-refractivity contribution in [1.82, 2.24) is 4.90 Å². The molecule has 82 valence electrons. The number of thiocarbonyl (C=S) groups is 1. The zero-order chi connectivity index (χ0) is 10.6. The molecule has 2 N–H and O–H groups in total. The Morgan fingerprint density at radius 2 is 2.29 bits per heavy atom. The van der Waals surface area contributed by atoms with Crippen LogP contribution in [0.25, 0.3) is 0 Å². The molecule has 1 rings (SSSR count). The minimum absolute atomic E-state index is 0.374. The van der Waals surface area contributed by atoms with Gasteiger partial charge in [-0.05, 0) is 26.3 Å². The number of rotatable bonds is 5. The molecule has 1 saturated heterocycles. The number of hydrogen-bond acceptors (Lipinski definition) is 3. The molecule has 2 unspecified atom stereocenters. The van der Waals surface area contributed by atoms with Crippen molar-refractivity contribution < 1.29 is 4.74 Å². The van der Waals surface area contributed by atoms with Crippen molar-refractivity contribution >= 4 is 17.2 Å². The van der Waals surface area contributed by atoms with Crippen LogP contribution in [0.4, 0.5) is 0 Å². The molecule has 3 nitrogen and oxygen atoms in total. The molecule has 0 aromatic rings. The van der Waals surface area contributed by atoms with E-state index in [1.807, 2.05) is 0 Å². The van der Waals surface area contributed by atoms with Gasteiger partial charge in [0.2, 0.25) is 0 Å². The van der Waals surface area contributed by atoms with Crippen LogP contribution in [0, 0.1) is 0 Å². The number of nitrogens with zero attached hydrogens (tertiary/aromatic N) is 1. The van der Waals surface area contributed by atoms with Crippen molar-refractivity contribution in [3.63, 3.8) is 0 Å². The fourth-order valence-electron chi connectivity index (χ4n) is 1.83. The third-order valence-electron chi connectivity index (χ3n) is 2.61. The highest BCUT2D eigenvalue weighted by atomic mass is 32.1. The monoisotopic (exact) mass is 216 g/mol. The van der Waals surface area contributed by atoms with E-state index < -0.39 is 0 Å². The van der Waals surface area contributed by atoms with Gasteiger partial charge in [-0.15, -0.1) is 0 Å². The molecule has 0 aliphatic carbocycles. The molecule has 0 saturated carbocycles. The Morgan fingerprint density at radius 3 is 2.71 bits per heavy atom. The molecule has 0 radical (unpaired) electrons. The van der Waals surface area contributed by atoms with Gasteiger partial charge in [-0.25, -0.2) is 0 Å². The summed E-state index contributed by atoms with van der Waals surface area (Å²) in [6.07, 6.45) is 3.13. The van der Waals surface area contributed by atoms with Crippen LogP contribution < -0.4 is 5.73 Å². The first-order valence-corrected chi connectivity index (χ1v) is 5.68. The normalized spacial score (nSPS) is 27.1. The van der Waals surface area contributed by atoms with Gasteiger partial charge in [0.1, 0.15) is 0 Å². The number of likely N-dealkylation sites (N-methyl/N-ethyl adjacent to an activating group) is 1. The first-order valence-electron chi connectivity index (χ1n) is 5.28. The Hall–Kier alpha value is -0.190. The molecule has 0 aromatic carbocycles. The average Bonchev–Trinajstić information content (AvgIpc) is 2.49. The van der Waals surface area contributed by atoms with Gasteiger partial charge in [-0.2, -0.15) is 0 Å². The predicted octanol–water partition coefficient (Wildman–Crippen LogP) is 1.16. The topological polar surface area (TPSA) is 38.5 Å². The number of ether oxygens (including phenoxy) is 1. The highest BCUT2D eigenvalue weighted by molar-refractivity contribution is 7.80. The smallest absolute Gasteiger partial charge is 0.0870 e. The molecular weight excluding hydrogens is 196 g/mol. The SMILES string of the molecule is CCN(CC(N)=S)CC1CCC(C)O1.